The van der Waals surface area contributed by atoms with Crippen molar-refractivity contribution >= 4 is 22.7 Å². The Morgan fingerprint density at radius 1 is 1.14 bits per heavy atom. The van der Waals surface area contributed by atoms with Gasteiger partial charge in [-0.3, -0.25) is 0 Å². The average Bonchev–Trinajstić information content (AvgIpc) is 3.53. The van der Waals surface area contributed by atoms with Gasteiger partial charge in [0.1, 0.15) is 17.7 Å². The number of aliphatic hydroxyl groups is 3. The van der Waals surface area contributed by atoms with Gasteiger partial charge >= 0.3 is 0 Å². The highest BCUT2D eigenvalue weighted by atomic mass is 16.5. The molecule has 0 radical (unpaired) electrons. The van der Waals surface area contributed by atoms with Crippen LogP contribution in [-0.2, 0) is 0 Å². The first-order chi connectivity index (χ1) is 17.6. The van der Waals surface area contributed by atoms with Gasteiger partial charge < -0.3 is 35.1 Å². The molecule has 10 nitrogen and oxygen atoms in total. The minimum absolute atomic E-state index is 0.0225. The van der Waals surface area contributed by atoms with E-state index >= 15 is 0 Å². The lowest BCUT2D eigenvalue weighted by Gasteiger charge is -2.22. The van der Waals surface area contributed by atoms with Crippen LogP contribution in [0.25, 0.3) is 22.3 Å². The maximum Gasteiger partial charge on any atom is 0.224 e. The summed E-state index contributed by atoms with van der Waals surface area (Å²) in [4.78, 5) is 13.8. The molecule has 0 saturated heterocycles. The zero-order chi connectivity index (χ0) is 26.3. The number of aryl methyl sites for hydroxylation is 1. The monoisotopic (exact) mass is 511 g/mol. The normalized spacial score (nSPS) is 24.0. The molecule has 37 heavy (non-hydrogen) atoms. The lowest BCUT2D eigenvalue weighted by Crippen LogP contribution is -2.35. The maximum absolute atomic E-state index is 10.6. The zero-order valence-electron chi connectivity index (χ0n) is 21.9. The number of hydrogen-bond acceptors (Lipinski definition) is 10. The number of aromatic nitrogens is 3. The van der Waals surface area contributed by atoms with Gasteiger partial charge in [-0.15, -0.1) is 0 Å². The third kappa shape index (κ3) is 5.81. The third-order valence-electron chi connectivity index (χ3n) is 7.01. The van der Waals surface area contributed by atoms with E-state index in [4.69, 9.17) is 14.1 Å². The largest absolute Gasteiger partial charge is 0.477 e. The summed E-state index contributed by atoms with van der Waals surface area (Å²) in [5.41, 5.74) is 1.99. The fourth-order valence-electron chi connectivity index (χ4n) is 4.64. The molecule has 5 N–H and O–H groups in total. The molecule has 0 aromatic carbocycles. The molecule has 0 spiro atoms. The molecule has 0 amide bonds. The van der Waals surface area contributed by atoms with E-state index in [-0.39, 0.29) is 12.0 Å². The Morgan fingerprint density at radius 2 is 1.92 bits per heavy atom. The van der Waals surface area contributed by atoms with Crippen LogP contribution in [0.5, 0.6) is 5.88 Å². The van der Waals surface area contributed by atoms with Crippen molar-refractivity contribution in [3.63, 3.8) is 0 Å². The molecule has 2 fully saturated rings. The van der Waals surface area contributed by atoms with Crippen LogP contribution in [-0.4, -0.2) is 68.3 Å². The summed E-state index contributed by atoms with van der Waals surface area (Å²) in [5, 5.41) is 38.1. The first-order valence-corrected chi connectivity index (χ1v) is 13.0. The van der Waals surface area contributed by atoms with E-state index in [0.29, 0.717) is 65.7 Å². The van der Waals surface area contributed by atoms with Gasteiger partial charge in [-0.2, -0.15) is 4.98 Å². The second-order valence-corrected chi connectivity index (χ2v) is 11.6. The molecular formula is C27H37N5O5. The highest BCUT2D eigenvalue weighted by Gasteiger charge is 2.41. The van der Waals surface area contributed by atoms with Gasteiger partial charge in [-0.05, 0) is 43.6 Å². The van der Waals surface area contributed by atoms with Gasteiger partial charge in [0.2, 0.25) is 11.8 Å². The Morgan fingerprint density at radius 3 is 2.59 bits per heavy atom. The van der Waals surface area contributed by atoms with Crippen molar-refractivity contribution in [2.45, 2.75) is 65.2 Å². The molecule has 200 valence electrons. The first kappa shape index (κ1) is 25.7. The minimum atomic E-state index is -1.04. The summed E-state index contributed by atoms with van der Waals surface area (Å²) in [7, 11) is 0. The number of anilines is 2. The molecular weight excluding hydrogens is 474 g/mol. The number of nitrogens with one attached hydrogen (secondary N) is 2. The van der Waals surface area contributed by atoms with Crippen molar-refractivity contribution < 1.29 is 24.5 Å². The number of rotatable bonds is 9. The van der Waals surface area contributed by atoms with Crippen molar-refractivity contribution in [3.8, 4) is 17.2 Å². The van der Waals surface area contributed by atoms with Crippen molar-refractivity contribution in [1.29, 1.82) is 0 Å². The number of aliphatic hydroxyl groups excluding tert-OH is 3. The predicted molar refractivity (Wildman–Crippen MR) is 141 cm³/mol. The zero-order valence-corrected chi connectivity index (χ0v) is 21.9. The van der Waals surface area contributed by atoms with E-state index in [0.717, 1.165) is 5.39 Å². The summed E-state index contributed by atoms with van der Waals surface area (Å²) in [6.07, 6.45) is 2.42. The molecule has 3 heterocycles. The van der Waals surface area contributed by atoms with Crippen LogP contribution >= 0.6 is 0 Å². The third-order valence-corrected chi connectivity index (χ3v) is 7.01. The molecule has 3 aromatic heterocycles. The van der Waals surface area contributed by atoms with E-state index in [1.165, 1.54) is 12.8 Å². The van der Waals surface area contributed by atoms with Crippen LogP contribution in [0.4, 0.5) is 11.8 Å². The van der Waals surface area contributed by atoms with Crippen molar-refractivity contribution in [3.05, 3.63) is 24.0 Å². The van der Waals surface area contributed by atoms with Crippen LogP contribution in [0.2, 0.25) is 0 Å². The molecule has 2 aliphatic rings. The van der Waals surface area contributed by atoms with Crippen LogP contribution in [0.1, 0.15) is 45.7 Å². The second-order valence-electron chi connectivity index (χ2n) is 11.6. The van der Waals surface area contributed by atoms with Gasteiger partial charge in [-0.25, -0.2) is 9.97 Å². The number of hydrogen-bond donors (Lipinski definition) is 5. The van der Waals surface area contributed by atoms with Crippen molar-refractivity contribution in [2.24, 2.45) is 17.3 Å². The molecule has 4 atom stereocenters. The Balaban J connectivity index is 1.49. The number of pyridine rings is 1. The summed E-state index contributed by atoms with van der Waals surface area (Å²) in [6, 6.07) is 3.29. The van der Waals surface area contributed by atoms with Crippen LogP contribution in [0.3, 0.4) is 0 Å². The summed E-state index contributed by atoms with van der Waals surface area (Å²) >= 11 is 0. The van der Waals surface area contributed by atoms with E-state index < -0.39 is 24.2 Å². The van der Waals surface area contributed by atoms with Gasteiger partial charge in [-0.1, -0.05) is 20.8 Å². The van der Waals surface area contributed by atoms with Gasteiger partial charge in [0, 0.05) is 30.5 Å². The molecule has 2 saturated carbocycles. The Kier molecular flexibility index (Phi) is 6.99. The SMILES string of the molecule is Cc1nc(NCC(C)(C)C)nc(N[C@@H]2C[C@H](CO)[C@@H](O)[C@H]2O)c1-c1cc2cc(OCC3CC3)ncc2o1. The Hall–Kier alpha value is -2.95. The number of ether oxygens (including phenoxy) is 1. The number of nitrogens with zero attached hydrogens (tertiary/aromatic N) is 3. The van der Waals surface area contributed by atoms with Crippen LogP contribution in [0, 0.1) is 24.2 Å². The molecule has 10 heteroatoms. The van der Waals surface area contributed by atoms with Crippen LogP contribution < -0.4 is 15.4 Å². The van der Waals surface area contributed by atoms with Crippen molar-refractivity contribution in [1.82, 2.24) is 15.0 Å². The highest BCUT2D eigenvalue weighted by molar-refractivity contribution is 5.86. The average molecular weight is 512 g/mol. The molecule has 0 aliphatic heterocycles. The smallest absolute Gasteiger partial charge is 0.224 e. The fourth-order valence-corrected chi connectivity index (χ4v) is 4.64. The van der Waals surface area contributed by atoms with Crippen LogP contribution in [0.15, 0.2) is 22.7 Å². The highest BCUT2D eigenvalue weighted by Crippen LogP contribution is 2.38. The second kappa shape index (κ2) is 10.1. The lowest BCUT2D eigenvalue weighted by molar-refractivity contribution is 0.00446. The molecule has 0 unspecified atom stereocenters. The summed E-state index contributed by atoms with van der Waals surface area (Å²) < 4.78 is 12.0. The molecule has 0 bridgehead atoms. The number of furan rings is 1. The molecule has 5 rings (SSSR count). The van der Waals surface area contributed by atoms with Crippen molar-refractivity contribution in [2.75, 3.05) is 30.4 Å². The standard InChI is InChI=1S/C27H37N5O5/c1-14-22(19-8-16-9-21(28-10-20(16)37-19)36-12-15-5-6-15)25(32-26(30-14)29-13-27(2,3)4)31-18-7-17(11-33)23(34)24(18)35/h8-10,15,17-18,23-24,33-35H,5-7,11-13H2,1-4H3,(H2,29,30,31,32)/t17-,18-,23-,24+/m1/s1. The quantitative estimate of drug-likeness (QED) is 0.290. The molecule has 3 aromatic rings. The van der Waals surface area contributed by atoms with E-state index in [9.17, 15) is 15.3 Å². The van der Waals surface area contributed by atoms with Gasteiger partial charge in [0.15, 0.2) is 5.58 Å². The maximum atomic E-state index is 10.6. The Labute approximate surface area is 216 Å². The summed E-state index contributed by atoms with van der Waals surface area (Å²) in [6.45, 7) is 9.40. The molecule has 2 aliphatic carbocycles. The lowest BCUT2D eigenvalue weighted by atomic mass is 9.97. The van der Waals surface area contributed by atoms with E-state index in [1.807, 2.05) is 19.1 Å². The topological polar surface area (TPSA) is 146 Å². The first-order valence-electron chi connectivity index (χ1n) is 13.0. The van der Waals surface area contributed by atoms with Gasteiger partial charge in [0.05, 0.1) is 36.2 Å². The summed E-state index contributed by atoms with van der Waals surface area (Å²) in [5.74, 6) is 2.29. The fraction of sp³-hybridized carbons (Fsp3) is 0.593. The Bertz CT molecular complexity index is 1250. The minimum Gasteiger partial charge on any atom is -0.477 e. The van der Waals surface area contributed by atoms with E-state index in [2.05, 4.69) is 41.4 Å². The van der Waals surface area contributed by atoms with E-state index in [1.54, 1.807) is 6.20 Å². The van der Waals surface area contributed by atoms with Gasteiger partial charge in [0.25, 0.3) is 0 Å². The number of fused-ring (bicyclic) bond motifs is 1. The predicted octanol–water partition coefficient (Wildman–Crippen LogP) is 3.35.